The number of hydrogen-bond donors (Lipinski definition) is 1. The van der Waals surface area contributed by atoms with Gasteiger partial charge in [-0.1, -0.05) is 66.2 Å². The van der Waals surface area contributed by atoms with Crippen LogP contribution in [0.3, 0.4) is 0 Å². The van der Waals surface area contributed by atoms with E-state index >= 15 is 0 Å². The average molecular weight is 610 g/mol. The van der Waals surface area contributed by atoms with Gasteiger partial charge in [-0.3, -0.25) is 13.9 Å². The number of anilines is 1. The van der Waals surface area contributed by atoms with Crippen LogP contribution in [0.5, 0.6) is 0 Å². The third-order valence-electron chi connectivity index (χ3n) is 6.43. The molecule has 7 nitrogen and oxygen atoms in total. The highest BCUT2D eigenvalue weighted by Crippen LogP contribution is 2.32. The van der Waals surface area contributed by atoms with E-state index in [9.17, 15) is 31.2 Å². The number of rotatable bonds is 12. The Bertz CT molecular complexity index is 1450. The third kappa shape index (κ3) is 8.96. The lowest BCUT2D eigenvalue weighted by molar-refractivity contribution is -0.141. The second-order valence-electron chi connectivity index (χ2n) is 9.42. The van der Waals surface area contributed by atoms with Gasteiger partial charge in [-0.05, 0) is 41.8 Å². The highest BCUT2D eigenvalue weighted by molar-refractivity contribution is 7.92. The van der Waals surface area contributed by atoms with Crippen molar-refractivity contribution in [3.05, 3.63) is 101 Å². The van der Waals surface area contributed by atoms with Gasteiger partial charge in [0.2, 0.25) is 21.8 Å². The third-order valence-corrected chi connectivity index (χ3v) is 7.99. The van der Waals surface area contributed by atoms with Crippen LogP contribution in [0.2, 0.25) is 5.02 Å². The molecule has 0 spiro atoms. The van der Waals surface area contributed by atoms with Crippen LogP contribution >= 0.6 is 11.6 Å². The smallest absolute Gasteiger partial charge is 0.357 e. The molecule has 41 heavy (non-hydrogen) atoms. The van der Waals surface area contributed by atoms with Gasteiger partial charge in [-0.15, -0.1) is 0 Å². The number of alkyl halides is 3. The largest absolute Gasteiger partial charge is 0.416 e. The zero-order valence-electron chi connectivity index (χ0n) is 22.6. The van der Waals surface area contributed by atoms with E-state index in [1.54, 1.807) is 24.3 Å². The fourth-order valence-electron chi connectivity index (χ4n) is 4.37. The number of nitrogens with one attached hydrogen (secondary N) is 1. The number of benzene rings is 3. The predicted molar refractivity (Wildman–Crippen MR) is 153 cm³/mol. The molecule has 0 aliphatic rings. The van der Waals surface area contributed by atoms with Crippen molar-refractivity contribution < 1.29 is 31.2 Å². The van der Waals surface area contributed by atoms with Crippen LogP contribution in [-0.2, 0) is 38.8 Å². The summed E-state index contributed by atoms with van der Waals surface area (Å²) in [5, 5.41) is 3.02. The van der Waals surface area contributed by atoms with Crippen LogP contribution in [-0.4, -0.2) is 51.0 Å². The first-order chi connectivity index (χ1) is 19.3. The maximum absolute atomic E-state index is 13.7. The van der Waals surface area contributed by atoms with Crippen molar-refractivity contribution in [1.29, 1.82) is 0 Å². The predicted octanol–water partition coefficient (Wildman–Crippen LogP) is 5.29. The van der Waals surface area contributed by atoms with Gasteiger partial charge in [-0.25, -0.2) is 8.42 Å². The van der Waals surface area contributed by atoms with Gasteiger partial charge in [0.25, 0.3) is 0 Å². The van der Waals surface area contributed by atoms with Crippen molar-refractivity contribution in [2.45, 2.75) is 38.0 Å². The highest BCUT2D eigenvalue weighted by atomic mass is 35.5. The van der Waals surface area contributed by atoms with Gasteiger partial charge >= 0.3 is 6.18 Å². The Morgan fingerprint density at radius 3 is 2.24 bits per heavy atom. The van der Waals surface area contributed by atoms with Crippen molar-refractivity contribution in [3.8, 4) is 0 Å². The zero-order chi connectivity index (χ0) is 30.2. The van der Waals surface area contributed by atoms with Gasteiger partial charge in [0.05, 0.1) is 17.5 Å². The molecular formula is C29H31ClF3N3O4S. The molecule has 1 N–H and O–H groups in total. The van der Waals surface area contributed by atoms with Crippen LogP contribution in [0.25, 0.3) is 0 Å². The molecule has 0 radical (unpaired) electrons. The summed E-state index contributed by atoms with van der Waals surface area (Å²) in [4.78, 5) is 28.1. The Hall–Kier alpha value is -3.57. The molecule has 1 atom stereocenters. The molecule has 220 valence electrons. The molecular weight excluding hydrogens is 579 g/mol. The van der Waals surface area contributed by atoms with Crippen LogP contribution < -0.4 is 9.62 Å². The van der Waals surface area contributed by atoms with Gasteiger partial charge in [0.1, 0.15) is 6.04 Å². The first-order valence-electron chi connectivity index (χ1n) is 12.7. The quantitative estimate of drug-likeness (QED) is 0.302. The number of hydrogen-bond acceptors (Lipinski definition) is 4. The minimum absolute atomic E-state index is 0.00697. The van der Waals surface area contributed by atoms with Crippen molar-refractivity contribution in [1.82, 2.24) is 10.2 Å². The van der Waals surface area contributed by atoms with E-state index in [4.69, 9.17) is 11.6 Å². The molecule has 0 heterocycles. The second-order valence-corrected chi connectivity index (χ2v) is 11.7. The number of sulfonamides is 1. The summed E-state index contributed by atoms with van der Waals surface area (Å²) >= 11 is 6.37. The maximum atomic E-state index is 13.7. The van der Waals surface area contributed by atoms with E-state index in [-0.39, 0.29) is 38.0 Å². The van der Waals surface area contributed by atoms with E-state index in [0.29, 0.717) is 10.6 Å². The second kappa shape index (κ2) is 13.9. The van der Waals surface area contributed by atoms with E-state index < -0.39 is 39.6 Å². The monoisotopic (exact) mass is 609 g/mol. The summed E-state index contributed by atoms with van der Waals surface area (Å²) in [6.07, 6.45) is -3.72. The Morgan fingerprint density at radius 1 is 0.976 bits per heavy atom. The number of carbonyl (C=O) groups excluding carboxylic acids is 2. The molecule has 12 heteroatoms. The topological polar surface area (TPSA) is 86.8 Å². The summed E-state index contributed by atoms with van der Waals surface area (Å²) in [5.74, 6) is -0.831. The first kappa shape index (κ1) is 32.0. The Morgan fingerprint density at radius 2 is 1.63 bits per heavy atom. The summed E-state index contributed by atoms with van der Waals surface area (Å²) in [7, 11) is -2.50. The summed E-state index contributed by atoms with van der Waals surface area (Å²) < 4.78 is 65.6. The molecule has 2 amide bonds. The Labute approximate surface area is 243 Å². The Kier molecular flexibility index (Phi) is 10.8. The lowest BCUT2D eigenvalue weighted by Gasteiger charge is -2.32. The number of amides is 2. The van der Waals surface area contributed by atoms with Crippen molar-refractivity contribution in [2.24, 2.45) is 0 Å². The van der Waals surface area contributed by atoms with Crippen molar-refractivity contribution in [2.75, 3.05) is 24.2 Å². The van der Waals surface area contributed by atoms with Crippen LogP contribution in [0.4, 0.5) is 18.9 Å². The molecule has 3 rings (SSSR count). The van der Waals surface area contributed by atoms with Crippen LogP contribution in [0.1, 0.15) is 29.5 Å². The summed E-state index contributed by atoms with van der Waals surface area (Å²) in [6.45, 7) is -0.220. The number of nitrogens with zero attached hydrogens (tertiary/aromatic N) is 2. The van der Waals surface area contributed by atoms with Crippen molar-refractivity contribution >= 4 is 39.1 Å². The van der Waals surface area contributed by atoms with Gasteiger partial charge in [0, 0.05) is 38.0 Å². The van der Waals surface area contributed by atoms with E-state index in [0.717, 1.165) is 34.3 Å². The minimum Gasteiger partial charge on any atom is -0.357 e. The molecule has 0 bridgehead atoms. The minimum atomic E-state index is -4.65. The lowest BCUT2D eigenvalue weighted by Crippen LogP contribution is -2.49. The number of carbonyl (C=O) groups is 2. The molecule has 0 aliphatic heterocycles. The van der Waals surface area contributed by atoms with E-state index in [1.807, 2.05) is 30.3 Å². The molecule has 0 saturated carbocycles. The number of likely N-dealkylation sites (N-methyl/N-ethyl adjacent to an activating group) is 1. The molecule has 0 aromatic heterocycles. The van der Waals surface area contributed by atoms with Crippen molar-refractivity contribution in [3.63, 3.8) is 0 Å². The van der Waals surface area contributed by atoms with E-state index in [2.05, 4.69) is 5.32 Å². The van der Waals surface area contributed by atoms with Gasteiger partial charge in [0.15, 0.2) is 0 Å². The molecule has 3 aromatic carbocycles. The fraction of sp³-hybridized carbons (Fsp3) is 0.310. The molecule has 0 aliphatic carbocycles. The van der Waals surface area contributed by atoms with Gasteiger partial charge < -0.3 is 10.2 Å². The zero-order valence-corrected chi connectivity index (χ0v) is 24.1. The molecule has 0 saturated heterocycles. The highest BCUT2D eigenvalue weighted by Gasteiger charge is 2.32. The molecule has 0 fully saturated rings. The normalized spacial score (nSPS) is 12.4. The van der Waals surface area contributed by atoms with Crippen LogP contribution in [0.15, 0.2) is 78.9 Å². The maximum Gasteiger partial charge on any atom is 0.416 e. The standard InChI is InChI=1S/C29H31ClF3N3O4S/c1-34-28(38)26(18-21-10-4-3-5-11-21)35(20-22-12-6-7-15-25(22)30)27(37)16-9-17-36(41(2,39)40)24-14-8-13-23(19-24)29(31,32)33/h3-8,10-15,19,26H,9,16-18,20H2,1-2H3,(H,34,38)/t26-/m0/s1. The van der Waals surface area contributed by atoms with E-state index in [1.165, 1.54) is 18.0 Å². The average Bonchev–Trinajstić information content (AvgIpc) is 2.93. The SMILES string of the molecule is CNC(=O)[C@H](Cc1ccccc1)N(Cc1ccccc1Cl)C(=O)CCCN(c1cccc(C(F)(F)F)c1)S(C)(=O)=O. The first-order valence-corrected chi connectivity index (χ1v) is 15.0. The number of halogens is 4. The van der Waals surface area contributed by atoms with Crippen LogP contribution in [0, 0.1) is 0 Å². The fourth-order valence-corrected chi connectivity index (χ4v) is 5.52. The molecule has 0 unspecified atom stereocenters. The van der Waals surface area contributed by atoms with Gasteiger partial charge in [-0.2, -0.15) is 13.2 Å². The Balaban J connectivity index is 1.87. The molecule has 3 aromatic rings. The summed E-state index contributed by atoms with van der Waals surface area (Å²) in [5.41, 5.74) is 0.298. The lowest BCUT2D eigenvalue weighted by atomic mass is 10.0. The summed E-state index contributed by atoms with van der Waals surface area (Å²) in [6, 6.07) is 19.2.